The van der Waals surface area contributed by atoms with Crippen molar-refractivity contribution >= 4 is 19.3 Å². The van der Waals surface area contributed by atoms with E-state index in [0.29, 0.717) is 5.41 Å². The van der Waals surface area contributed by atoms with E-state index < -0.39 is 8.07 Å². The van der Waals surface area contributed by atoms with Crippen LogP contribution in [0, 0.1) is 5.41 Å². The summed E-state index contributed by atoms with van der Waals surface area (Å²) in [4.78, 5) is 0. The van der Waals surface area contributed by atoms with Gasteiger partial charge < -0.3 is 0 Å². The second kappa shape index (κ2) is 8.26. The first-order valence-corrected chi connectivity index (χ1v) is 15.3. The van der Waals surface area contributed by atoms with Crippen LogP contribution in [0.4, 0.5) is 0 Å². The molecular weight excluding hydrogens is 364 g/mol. The maximum Gasteiger partial charge on any atom is 0.0775 e. The Bertz CT molecular complexity index is 872. The highest BCUT2D eigenvalue weighted by atomic mass is 28.3. The molecule has 0 aromatic heterocycles. The van der Waals surface area contributed by atoms with Gasteiger partial charge in [0.1, 0.15) is 0 Å². The van der Waals surface area contributed by atoms with Gasteiger partial charge >= 0.3 is 0 Å². The maximum absolute atomic E-state index is 2.55. The number of benzene rings is 2. The van der Waals surface area contributed by atoms with Crippen LogP contribution in [0.3, 0.4) is 0 Å². The van der Waals surface area contributed by atoms with Gasteiger partial charge in [-0.25, -0.2) is 0 Å². The van der Waals surface area contributed by atoms with Gasteiger partial charge in [0.2, 0.25) is 0 Å². The fraction of sp³-hybridized carbons (Fsp3) is 0.500. The normalized spacial score (nSPS) is 19.2. The van der Waals surface area contributed by atoms with Crippen molar-refractivity contribution in [2.75, 3.05) is 0 Å². The van der Waals surface area contributed by atoms with E-state index >= 15 is 0 Å². The van der Waals surface area contributed by atoms with E-state index in [2.05, 4.69) is 75.1 Å². The molecule has 0 radical (unpaired) electrons. The van der Waals surface area contributed by atoms with Crippen LogP contribution in [-0.4, -0.2) is 8.07 Å². The van der Waals surface area contributed by atoms with E-state index in [1.54, 1.807) is 10.8 Å². The van der Waals surface area contributed by atoms with Crippen molar-refractivity contribution in [1.82, 2.24) is 0 Å². The number of hydrogen-bond donors (Lipinski definition) is 0. The average Bonchev–Trinajstić information content (AvgIpc) is 3.07. The summed E-state index contributed by atoms with van der Waals surface area (Å²) < 4.78 is 0. The van der Waals surface area contributed by atoms with E-state index in [-0.39, 0.29) is 0 Å². The van der Waals surface area contributed by atoms with Gasteiger partial charge in [-0.1, -0.05) is 118 Å². The molecule has 0 heterocycles. The molecule has 2 aromatic rings. The number of fused-ring (bicyclic) bond motifs is 1. The summed E-state index contributed by atoms with van der Waals surface area (Å²) >= 11 is 0. The van der Waals surface area contributed by atoms with Gasteiger partial charge in [-0.15, -0.1) is 0 Å². The molecule has 1 fully saturated rings. The Kier molecular flexibility index (Phi) is 5.89. The predicted octanol–water partition coefficient (Wildman–Crippen LogP) is 7.98. The molecule has 2 aliphatic carbocycles. The summed E-state index contributed by atoms with van der Waals surface area (Å²) in [7, 11) is -1.24. The van der Waals surface area contributed by atoms with Crippen molar-refractivity contribution in [3.63, 3.8) is 0 Å². The standard InChI is InChI=1S/C28H38Si/c1-28(17-8-6-5-7-9-18-28)21-22-19-24-11-10-12-26(27(24)20-22)23-13-15-25(16-14-23)29(2,3)4/h10-16,20H,5-9,17-19,21H2,1-4H3. The highest BCUT2D eigenvalue weighted by Gasteiger charge is 2.28. The van der Waals surface area contributed by atoms with Crippen LogP contribution in [0.1, 0.15) is 69.4 Å². The van der Waals surface area contributed by atoms with Crippen LogP contribution in [0.15, 0.2) is 48.0 Å². The number of allylic oxidation sites excluding steroid dienone is 1. The SMILES string of the molecule is CC1(CC2=Cc3c(cccc3-c3ccc([Si](C)(C)C)cc3)C2)CCCCCCC1. The second-order valence-corrected chi connectivity index (χ2v) is 16.0. The molecule has 1 heteroatoms. The molecule has 2 aromatic carbocycles. The molecule has 2 aliphatic rings. The minimum absolute atomic E-state index is 0.507. The van der Waals surface area contributed by atoms with Crippen molar-refractivity contribution in [3.05, 3.63) is 59.2 Å². The Balaban J connectivity index is 1.58. The van der Waals surface area contributed by atoms with Crippen molar-refractivity contribution in [2.45, 2.75) is 84.4 Å². The maximum atomic E-state index is 2.55. The summed E-state index contributed by atoms with van der Waals surface area (Å²) in [5.74, 6) is 0. The summed E-state index contributed by atoms with van der Waals surface area (Å²) in [5.41, 5.74) is 7.97. The molecule has 0 aliphatic heterocycles. The van der Waals surface area contributed by atoms with E-state index in [1.165, 1.54) is 73.6 Å². The molecule has 0 unspecified atom stereocenters. The lowest BCUT2D eigenvalue weighted by molar-refractivity contribution is 0.234. The monoisotopic (exact) mass is 402 g/mol. The molecule has 4 rings (SSSR count). The minimum atomic E-state index is -1.24. The van der Waals surface area contributed by atoms with Crippen molar-refractivity contribution in [3.8, 4) is 11.1 Å². The van der Waals surface area contributed by atoms with E-state index in [9.17, 15) is 0 Å². The third-order valence-corrected chi connectivity index (χ3v) is 9.30. The average molecular weight is 403 g/mol. The van der Waals surface area contributed by atoms with Crippen LogP contribution in [0.25, 0.3) is 17.2 Å². The van der Waals surface area contributed by atoms with Gasteiger partial charge in [0, 0.05) is 0 Å². The molecule has 0 amide bonds. The number of hydrogen-bond acceptors (Lipinski definition) is 0. The fourth-order valence-corrected chi connectivity index (χ4v) is 6.60. The highest BCUT2D eigenvalue weighted by molar-refractivity contribution is 6.88. The first-order valence-electron chi connectivity index (χ1n) is 11.8. The lowest BCUT2D eigenvalue weighted by atomic mass is 9.73. The van der Waals surface area contributed by atoms with Crippen molar-refractivity contribution < 1.29 is 0 Å². The summed E-state index contributed by atoms with van der Waals surface area (Å²) in [6, 6.07) is 16.4. The Morgan fingerprint density at radius 2 is 1.48 bits per heavy atom. The highest BCUT2D eigenvalue weighted by Crippen LogP contribution is 2.43. The topological polar surface area (TPSA) is 0 Å². The van der Waals surface area contributed by atoms with Gasteiger partial charge in [-0.05, 0) is 53.4 Å². The largest absolute Gasteiger partial charge is 0.0775 e. The third kappa shape index (κ3) is 4.77. The van der Waals surface area contributed by atoms with E-state index in [1.807, 2.05) is 0 Å². The molecule has 0 bridgehead atoms. The minimum Gasteiger partial charge on any atom is -0.0656 e. The quantitative estimate of drug-likeness (QED) is 0.455. The van der Waals surface area contributed by atoms with Crippen LogP contribution in [-0.2, 0) is 6.42 Å². The molecule has 0 spiro atoms. The lowest BCUT2D eigenvalue weighted by Gasteiger charge is -2.32. The van der Waals surface area contributed by atoms with E-state index in [0.717, 1.165) is 6.42 Å². The molecule has 0 nitrogen and oxygen atoms in total. The Hall–Kier alpha value is -1.60. The van der Waals surface area contributed by atoms with Gasteiger partial charge in [0.15, 0.2) is 0 Å². The van der Waals surface area contributed by atoms with Gasteiger partial charge in [-0.3, -0.25) is 0 Å². The smallest absolute Gasteiger partial charge is 0.0656 e. The lowest BCUT2D eigenvalue weighted by Crippen LogP contribution is -2.37. The van der Waals surface area contributed by atoms with Crippen LogP contribution < -0.4 is 5.19 Å². The fourth-order valence-electron chi connectivity index (χ4n) is 5.44. The Morgan fingerprint density at radius 3 is 2.14 bits per heavy atom. The van der Waals surface area contributed by atoms with Gasteiger partial charge in [0.05, 0.1) is 8.07 Å². The predicted molar refractivity (Wildman–Crippen MR) is 132 cm³/mol. The van der Waals surface area contributed by atoms with Crippen LogP contribution in [0.5, 0.6) is 0 Å². The zero-order chi connectivity index (χ0) is 20.5. The molecular formula is C28H38Si. The Labute approximate surface area is 179 Å². The molecule has 1 saturated carbocycles. The third-order valence-electron chi connectivity index (χ3n) is 7.24. The molecule has 0 N–H and O–H groups in total. The second-order valence-electron chi connectivity index (χ2n) is 10.9. The van der Waals surface area contributed by atoms with Crippen molar-refractivity contribution in [1.29, 1.82) is 0 Å². The molecule has 154 valence electrons. The zero-order valence-electron chi connectivity index (χ0n) is 19.0. The zero-order valence-corrected chi connectivity index (χ0v) is 20.0. The van der Waals surface area contributed by atoms with Gasteiger partial charge in [0.25, 0.3) is 0 Å². The summed E-state index contributed by atoms with van der Waals surface area (Å²) in [6.07, 6.45) is 15.0. The van der Waals surface area contributed by atoms with Crippen LogP contribution in [0.2, 0.25) is 19.6 Å². The Morgan fingerprint density at radius 1 is 0.828 bits per heavy atom. The molecule has 29 heavy (non-hydrogen) atoms. The van der Waals surface area contributed by atoms with Crippen LogP contribution >= 0.6 is 0 Å². The van der Waals surface area contributed by atoms with E-state index in [4.69, 9.17) is 0 Å². The van der Waals surface area contributed by atoms with Gasteiger partial charge in [-0.2, -0.15) is 0 Å². The first-order chi connectivity index (χ1) is 13.8. The first kappa shape index (κ1) is 20.7. The summed E-state index contributed by atoms with van der Waals surface area (Å²) in [5, 5.41) is 1.54. The molecule has 0 atom stereocenters. The molecule has 0 saturated heterocycles. The summed E-state index contributed by atoms with van der Waals surface area (Å²) in [6.45, 7) is 9.83. The van der Waals surface area contributed by atoms with Crippen molar-refractivity contribution in [2.24, 2.45) is 5.41 Å². The number of rotatable bonds is 4.